The number of aromatic nitrogens is 5. The van der Waals surface area contributed by atoms with Gasteiger partial charge in [-0.15, -0.1) is 0 Å². The van der Waals surface area contributed by atoms with Gasteiger partial charge in [-0.1, -0.05) is 12.1 Å². The zero-order valence-corrected chi connectivity index (χ0v) is 14.1. The van der Waals surface area contributed by atoms with E-state index in [0.29, 0.717) is 43.3 Å². The maximum Gasteiger partial charge on any atom is 0.278 e. The maximum atomic E-state index is 12.6. The molecule has 128 valence electrons. The fraction of sp³-hybridized carbons (Fsp3) is 0.353. The predicted octanol–water partition coefficient (Wildman–Crippen LogP) is 1.51. The highest BCUT2D eigenvalue weighted by atomic mass is 16.5. The molecule has 0 fully saturated rings. The van der Waals surface area contributed by atoms with Crippen LogP contribution in [0.5, 0.6) is 0 Å². The summed E-state index contributed by atoms with van der Waals surface area (Å²) in [6, 6.07) is 3.72. The number of hydrogen-bond donors (Lipinski definition) is 0. The van der Waals surface area contributed by atoms with Crippen LogP contribution >= 0.6 is 0 Å². The van der Waals surface area contributed by atoms with Crippen LogP contribution in [0.3, 0.4) is 0 Å². The Kier molecular flexibility index (Phi) is 3.79. The minimum atomic E-state index is 0.0770. The van der Waals surface area contributed by atoms with Crippen LogP contribution in [0.4, 0.5) is 0 Å². The van der Waals surface area contributed by atoms with Crippen LogP contribution in [-0.4, -0.2) is 35.7 Å². The van der Waals surface area contributed by atoms with Crippen LogP contribution in [0.25, 0.3) is 11.6 Å². The highest BCUT2D eigenvalue weighted by molar-refractivity contribution is 5.79. The molecule has 4 rings (SSSR count). The van der Waals surface area contributed by atoms with Crippen LogP contribution in [0.2, 0.25) is 0 Å². The van der Waals surface area contributed by atoms with Gasteiger partial charge in [0.15, 0.2) is 11.5 Å². The summed E-state index contributed by atoms with van der Waals surface area (Å²) < 4.78 is 7.12. The lowest BCUT2D eigenvalue weighted by Crippen LogP contribution is -2.27. The molecule has 1 aliphatic rings. The van der Waals surface area contributed by atoms with Crippen molar-refractivity contribution in [1.82, 2.24) is 29.8 Å². The Balaban J connectivity index is 1.56. The highest BCUT2D eigenvalue weighted by Gasteiger charge is 2.32. The van der Waals surface area contributed by atoms with Crippen molar-refractivity contribution in [1.29, 1.82) is 0 Å². The molecule has 25 heavy (non-hydrogen) atoms. The van der Waals surface area contributed by atoms with E-state index in [1.165, 1.54) is 0 Å². The van der Waals surface area contributed by atoms with E-state index in [4.69, 9.17) is 4.52 Å². The molecular formula is C17H18N6O2. The first kappa shape index (κ1) is 15.5. The number of carbonyl (C=O) groups is 1. The van der Waals surface area contributed by atoms with Gasteiger partial charge in [0.25, 0.3) is 5.89 Å². The van der Waals surface area contributed by atoms with Crippen molar-refractivity contribution in [3.8, 4) is 11.6 Å². The van der Waals surface area contributed by atoms with E-state index < -0.39 is 0 Å². The topological polar surface area (TPSA) is 89.9 Å². The van der Waals surface area contributed by atoms with E-state index in [-0.39, 0.29) is 5.91 Å². The Morgan fingerprint density at radius 1 is 1.28 bits per heavy atom. The average Bonchev–Trinajstić information content (AvgIpc) is 3.32. The zero-order chi connectivity index (χ0) is 17.4. The molecule has 1 aliphatic heterocycles. The summed E-state index contributed by atoms with van der Waals surface area (Å²) >= 11 is 0. The summed E-state index contributed by atoms with van der Waals surface area (Å²) in [7, 11) is 1.87. The summed E-state index contributed by atoms with van der Waals surface area (Å²) in [6.07, 6.45) is 4.46. The smallest absolute Gasteiger partial charge is 0.278 e. The van der Waals surface area contributed by atoms with Crippen LogP contribution < -0.4 is 0 Å². The molecule has 8 heteroatoms. The minimum absolute atomic E-state index is 0.0770. The van der Waals surface area contributed by atoms with E-state index in [1.54, 1.807) is 17.1 Å². The molecule has 3 aromatic rings. The van der Waals surface area contributed by atoms with Crippen molar-refractivity contribution >= 4 is 5.91 Å². The third kappa shape index (κ3) is 2.79. The van der Waals surface area contributed by atoms with Crippen molar-refractivity contribution < 1.29 is 9.32 Å². The fourth-order valence-corrected chi connectivity index (χ4v) is 3.02. The van der Waals surface area contributed by atoms with Gasteiger partial charge in [-0.3, -0.25) is 14.5 Å². The molecule has 0 saturated carbocycles. The minimum Gasteiger partial charge on any atom is -0.332 e. The largest absolute Gasteiger partial charge is 0.332 e. The molecule has 0 saturated heterocycles. The van der Waals surface area contributed by atoms with Crippen LogP contribution in [-0.2, 0) is 37.8 Å². The molecule has 0 aromatic carbocycles. The molecule has 0 aliphatic carbocycles. The third-order valence-electron chi connectivity index (χ3n) is 4.41. The Morgan fingerprint density at radius 3 is 2.80 bits per heavy atom. The maximum absolute atomic E-state index is 12.6. The first-order valence-electron chi connectivity index (χ1n) is 8.20. The van der Waals surface area contributed by atoms with Crippen molar-refractivity contribution in [2.45, 2.75) is 32.9 Å². The molecule has 0 atom stereocenters. The van der Waals surface area contributed by atoms with Gasteiger partial charge in [0, 0.05) is 31.4 Å². The van der Waals surface area contributed by atoms with Crippen LogP contribution in [0.1, 0.15) is 29.6 Å². The fourth-order valence-electron chi connectivity index (χ4n) is 3.02. The number of aryl methyl sites for hydroxylation is 2. The van der Waals surface area contributed by atoms with Gasteiger partial charge in [0.2, 0.25) is 5.91 Å². The zero-order valence-electron chi connectivity index (χ0n) is 14.1. The monoisotopic (exact) mass is 338 g/mol. The number of carbonyl (C=O) groups excluding carboxylic acids is 1. The van der Waals surface area contributed by atoms with Gasteiger partial charge in [-0.25, -0.2) is 0 Å². The molecule has 8 nitrogen and oxygen atoms in total. The highest BCUT2D eigenvalue weighted by Crippen LogP contribution is 2.31. The van der Waals surface area contributed by atoms with Crippen molar-refractivity contribution in [2.75, 3.05) is 0 Å². The number of hydrogen-bond acceptors (Lipinski definition) is 6. The molecule has 1 amide bonds. The molecule has 0 spiro atoms. The van der Waals surface area contributed by atoms with E-state index in [9.17, 15) is 4.79 Å². The number of pyridine rings is 1. The number of rotatable bonds is 4. The van der Waals surface area contributed by atoms with Crippen LogP contribution in [0.15, 0.2) is 29.0 Å². The van der Waals surface area contributed by atoms with E-state index >= 15 is 0 Å². The van der Waals surface area contributed by atoms with E-state index in [2.05, 4.69) is 20.2 Å². The van der Waals surface area contributed by atoms with Gasteiger partial charge in [0.05, 0.1) is 25.2 Å². The molecule has 0 N–H and O–H groups in total. The summed E-state index contributed by atoms with van der Waals surface area (Å²) in [6.45, 7) is 3.01. The standard InChI is InChI=1S/C17H18N6O2/c1-3-14-19-17(25-21-14)16-12-9-23(10-13(12)22(2)20-16)15(24)8-11-4-6-18-7-5-11/h4-7H,3,8-10H2,1-2H3. The van der Waals surface area contributed by atoms with Crippen molar-refractivity contribution in [3.05, 3.63) is 47.2 Å². The SMILES string of the molecule is CCc1noc(-c2nn(C)c3c2CN(C(=O)Cc2ccncc2)C3)n1. The lowest BCUT2D eigenvalue weighted by Gasteiger charge is -2.16. The van der Waals surface area contributed by atoms with Gasteiger partial charge >= 0.3 is 0 Å². The molecule has 0 radical (unpaired) electrons. The molecule has 0 bridgehead atoms. The van der Waals surface area contributed by atoms with E-state index in [0.717, 1.165) is 16.8 Å². The second-order valence-corrected chi connectivity index (χ2v) is 6.05. The first-order chi connectivity index (χ1) is 12.2. The number of nitrogens with zero attached hydrogens (tertiary/aromatic N) is 6. The van der Waals surface area contributed by atoms with Gasteiger partial charge in [-0.05, 0) is 17.7 Å². The number of amides is 1. The summed E-state index contributed by atoms with van der Waals surface area (Å²) in [4.78, 5) is 22.8. The van der Waals surface area contributed by atoms with Gasteiger partial charge in [0.1, 0.15) is 0 Å². The van der Waals surface area contributed by atoms with Crippen LogP contribution in [0, 0.1) is 0 Å². The lowest BCUT2D eigenvalue weighted by molar-refractivity contribution is -0.131. The van der Waals surface area contributed by atoms with Gasteiger partial charge in [-0.2, -0.15) is 10.1 Å². The Labute approximate surface area is 144 Å². The van der Waals surface area contributed by atoms with Crippen molar-refractivity contribution in [2.24, 2.45) is 7.05 Å². The molecule has 4 heterocycles. The quantitative estimate of drug-likeness (QED) is 0.716. The second-order valence-electron chi connectivity index (χ2n) is 6.05. The molecule has 0 unspecified atom stereocenters. The summed E-state index contributed by atoms with van der Waals surface area (Å²) in [5.74, 6) is 1.14. The normalized spacial score (nSPS) is 13.3. The third-order valence-corrected chi connectivity index (χ3v) is 4.41. The summed E-state index contributed by atoms with van der Waals surface area (Å²) in [5, 5.41) is 8.44. The summed E-state index contributed by atoms with van der Waals surface area (Å²) in [5.41, 5.74) is 3.62. The van der Waals surface area contributed by atoms with E-state index in [1.807, 2.05) is 31.0 Å². The predicted molar refractivity (Wildman–Crippen MR) is 88.1 cm³/mol. The first-order valence-corrected chi connectivity index (χ1v) is 8.20. The Hall–Kier alpha value is -3.03. The lowest BCUT2D eigenvalue weighted by atomic mass is 10.2. The Morgan fingerprint density at radius 2 is 2.08 bits per heavy atom. The second kappa shape index (κ2) is 6.12. The average molecular weight is 338 g/mol. The Bertz CT molecular complexity index is 915. The molecule has 3 aromatic heterocycles. The molecular weight excluding hydrogens is 320 g/mol. The van der Waals surface area contributed by atoms with Gasteiger partial charge < -0.3 is 9.42 Å². The van der Waals surface area contributed by atoms with Crippen molar-refractivity contribution in [3.63, 3.8) is 0 Å². The number of fused-ring (bicyclic) bond motifs is 1.